The van der Waals surface area contributed by atoms with Gasteiger partial charge in [0.15, 0.2) is 0 Å². The number of amides is 1. The molecule has 0 heterocycles. The molecule has 0 unspecified atom stereocenters. The summed E-state index contributed by atoms with van der Waals surface area (Å²) in [5.41, 5.74) is 0.319. The van der Waals surface area contributed by atoms with Crippen LogP contribution >= 0.6 is 0 Å². The minimum atomic E-state index is -0.431. The molecule has 0 aromatic rings. The molecule has 2 N–H and O–H groups in total. The van der Waals surface area contributed by atoms with Crippen LogP contribution in [-0.2, 0) is 14.3 Å². The maximum absolute atomic E-state index is 11.2. The third-order valence-corrected chi connectivity index (χ3v) is 1.64. The molecule has 0 atom stereocenters. The Morgan fingerprint density at radius 2 is 1.94 bits per heavy atom. The topological polar surface area (TPSA) is 67.4 Å². The normalized spacial score (nSPS) is 10.0. The van der Waals surface area contributed by atoms with Gasteiger partial charge < -0.3 is 15.4 Å². The van der Waals surface area contributed by atoms with Crippen LogP contribution in [-0.4, -0.2) is 37.6 Å². The molecule has 0 aliphatic heterocycles. The highest BCUT2D eigenvalue weighted by Gasteiger charge is 2.08. The van der Waals surface area contributed by atoms with Gasteiger partial charge in [-0.15, -0.1) is 0 Å². The Morgan fingerprint density at radius 1 is 1.31 bits per heavy atom. The minimum absolute atomic E-state index is 0.105. The van der Waals surface area contributed by atoms with Crippen molar-refractivity contribution in [3.05, 3.63) is 12.2 Å². The summed E-state index contributed by atoms with van der Waals surface area (Å²) in [6.07, 6.45) is 0. The standard InChI is InChI=1S/C11H20N2O3/c1-5-16-11(15)9(4)6-12-7-10(14)13-8(2)3/h8,12H,4-7H2,1-3H3,(H,13,14). The predicted molar refractivity (Wildman–Crippen MR) is 61.9 cm³/mol. The van der Waals surface area contributed by atoms with E-state index in [9.17, 15) is 9.59 Å². The lowest BCUT2D eigenvalue weighted by Gasteiger charge is -2.09. The number of hydrogen-bond acceptors (Lipinski definition) is 4. The third kappa shape index (κ3) is 7.00. The van der Waals surface area contributed by atoms with E-state index < -0.39 is 5.97 Å². The fourth-order valence-corrected chi connectivity index (χ4v) is 1.01. The maximum atomic E-state index is 11.2. The zero-order valence-electron chi connectivity index (χ0n) is 10.1. The molecular weight excluding hydrogens is 208 g/mol. The maximum Gasteiger partial charge on any atom is 0.334 e. The molecule has 0 fully saturated rings. The van der Waals surface area contributed by atoms with E-state index in [4.69, 9.17) is 4.74 Å². The average Bonchev–Trinajstić information content (AvgIpc) is 2.16. The van der Waals surface area contributed by atoms with Gasteiger partial charge in [-0.05, 0) is 20.8 Å². The van der Waals surface area contributed by atoms with Crippen LogP contribution < -0.4 is 10.6 Å². The fraction of sp³-hybridized carbons (Fsp3) is 0.636. The summed E-state index contributed by atoms with van der Waals surface area (Å²) in [6, 6.07) is 0.113. The second-order valence-electron chi connectivity index (χ2n) is 3.65. The lowest BCUT2D eigenvalue weighted by Crippen LogP contribution is -2.38. The van der Waals surface area contributed by atoms with Crippen LogP contribution in [0.25, 0.3) is 0 Å². The van der Waals surface area contributed by atoms with Crippen molar-refractivity contribution in [2.45, 2.75) is 26.8 Å². The van der Waals surface area contributed by atoms with Crippen LogP contribution in [0, 0.1) is 0 Å². The SMILES string of the molecule is C=C(CNCC(=O)NC(C)C)C(=O)OCC. The number of ether oxygens (including phenoxy) is 1. The van der Waals surface area contributed by atoms with Gasteiger partial charge in [0.1, 0.15) is 0 Å². The average molecular weight is 228 g/mol. The van der Waals surface area contributed by atoms with E-state index >= 15 is 0 Å². The van der Waals surface area contributed by atoms with Gasteiger partial charge in [0.25, 0.3) is 0 Å². The van der Waals surface area contributed by atoms with Crippen molar-refractivity contribution >= 4 is 11.9 Å². The molecule has 0 bridgehead atoms. The van der Waals surface area contributed by atoms with Gasteiger partial charge in [-0.25, -0.2) is 4.79 Å². The van der Waals surface area contributed by atoms with Crippen LogP contribution in [0.2, 0.25) is 0 Å². The molecule has 0 spiro atoms. The third-order valence-electron chi connectivity index (χ3n) is 1.64. The van der Waals surface area contributed by atoms with Gasteiger partial charge in [-0.3, -0.25) is 4.79 Å². The number of hydrogen-bond donors (Lipinski definition) is 2. The monoisotopic (exact) mass is 228 g/mol. The molecule has 0 aromatic heterocycles. The first kappa shape index (κ1) is 14.6. The van der Waals surface area contributed by atoms with Crippen LogP contribution in [0.3, 0.4) is 0 Å². The Hall–Kier alpha value is -1.36. The van der Waals surface area contributed by atoms with Crippen molar-refractivity contribution in [2.24, 2.45) is 0 Å². The number of carbonyl (C=O) groups is 2. The van der Waals surface area contributed by atoms with E-state index in [1.165, 1.54) is 0 Å². The Kier molecular flexibility index (Phi) is 7.20. The summed E-state index contributed by atoms with van der Waals surface area (Å²) >= 11 is 0. The van der Waals surface area contributed by atoms with Crippen LogP contribution in [0.5, 0.6) is 0 Å². The van der Waals surface area contributed by atoms with E-state index in [1.54, 1.807) is 6.92 Å². The van der Waals surface area contributed by atoms with Crippen molar-refractivity contribution in [2.75, 3.05) is 19.7 Å². The molecule has 1 amide bonds. The second kappa shape index (κ2) is 7.87. The first-order chi connectivity index (χ1) is 7.47. The molecule has 0 aromatic carbocycles. The first-order valence-electron chi connectivity index (χ1n) is 5.32. The molecule has 16 heavy (non-hydrogen) atoms. The molecule has 0 rings (SSSR count). The number of rotatable bonds is 7. The van der Waals surface area contributed by atoms with E-state index in [0.717, 1.165) is 0 Å². The van der Waals surface area contributed by atoms with Gasteiger partial charge >= 0.3 is 5.97 Å². The van der Waals surface area contributed by atoms with Crippen LogP contribution in [0.4, 0.5) is 0 Å². The van der Waals surface area contributed by atoms with Crippen LogP contribution in [0.1, 0.15) is 20.8 Å². The van der Waals surface area contributed by atoms with E-state index in [1.807, 2.05) is 13.8 Å². The van der Waals surface area contributed by atoms with Crippen molar-refractivity contribution in [3.8, 4) is 0 Å². The van der Waals surface area contributed by atoms with Gasteiger partial charge in [-0.1, -0.05) is 6.58 Å². The molecule has 0 saturated carbocycles. The Labute approximate surface area is 96.2 Å². The van der Waals surface area contributed by atoms with E-state index in [-0.39, 0.29) is 25.0 Å². The quantitative estimate of drug-likeness (QED) is 0.483. The second-order valence-corrected chi connectivity index (χ2v) is 3.65. The highest BCUT2D eigenvalue weighted by Crippen LogP contribution is 1.92. The van der Waals surface area contributed by atoms with E-state index in [0.29, 0.717) is 12.2 Å². The minimum Gasteiger partial charge on any atom is -0.463 e. The molecule has 0 aliphatic rings. The predicted octanol–water partition coefficient (Wildman–Crippen LogP) is 0.220. The summed E-state index contributed by atoms with van der Waals surface area (Å²) in [6.45, 7) is 9.80. The number of nitrogens with one attached hydrogen (secondary N) is 2. The number of esters is 1. The fourth-order valence-electron chi connectivity index (χ4n) is 1.01. The van der Waals surface area contributed by atoms with E-state index in [2.05, 4.69) is 17.2 Å². The van der Waals surface area contributed by atoms with Crippen LogP contribution in [0.15, 0.2) is 12.2 Å². The first-order valence-corrected chi connectivity index (χ1v) is 5.32. The van der Waals surface area contributed by atoms with Gasteiger partial charge in [-0.2, -0.15) is 0 Å². The zero-order chi connectivity index (χ0) is 12.6. The van der Waals surface area contributed by atoms with Crippen molar-refractivity contribution in [1.82, 2.24) is 10.6 Å². The Morgan fingerprint density at radius 3 is 2.44 bits per heavy atom. The Balaban J connectivity index is 3.69. The molecule has 0 aliphatic carbocycles. The summed E-state index contributed by atoms with van der Waals surface area (Å²) in [5.74, 6) is -0.536. The Bertz CT molecular complexity index is 262. The lowest BCUT2D eigenvalue weighted by atomic mass is 10.3. The summed E-state index contributed by atoms with van der Waals surface area (Å²) in [5, 5.41) is 5.54. The molecule has 5 nitrogen and oxygen atoms in total. The molecule has 0 radical (unpaired) electrons. The summed E-state index contributed by atoms with van der Waals surface area (Å²) < 4.78 is 4.75. The van der Waals surface area contributed by atoms with Gasteiger partial charge in [0, 0.05) is 18.2 Å². The molecule has 0 saturated heterocycles. The lowest BCUT2D eigenvalue weighted by molar-refractivity contribution is -0.138. The van der Waals surface area contributed by atoms with Gasteiger partial charge in [0.2, 0.25) is 5.91 Å². The smallest absolute Gasteiger partial charge is 0.334 e. The zero-order valence-corrected chi connectivity index (χ0v) is 10.1. The largest absolute Gasteiger partial charge is 0.463 e. The van der Waals surface area contributed by atoms with Crippen molar-refractivity contribution < 1.29 is 14.3 Å². The number of carbonyl (C=O) groups excluding carboxylic acids is 2. The summed E-state index contributed by atoms with van der Waals surface area (Å²) in [7, 11) is 0. The molecular formula is C11H20N2O3. The highest BCUT2D eigenvalue weighted by molar-refractivity contribution is 5.88. The summed E-state index contributed by atoms with van der Waals surface area (Å²) in [4.78, 5) is 22.3. The molecule has 5 heteroatoms. The molecule has 92 valence electrons. The van der Waals surface area contributed by atoms with Crippen molar-refractivity contribution in [3.63, 3.8) is 0 Å². The van der Waals surface area contributed by atoms with Crippen molar-refractivity contribution in [1.29, 1.82) is 0 Å². The van der Waals surface area contributed by atoms with Gasteiger partial charge in [0.05, 0.1) is 13.2 Å². The highest BCUT2D eigenvalue weighted by atomic mass is 16.5.